The van der Waals surface area contributed by atoms with Crippen molar-refractivity contribution in [3.63, 3.8) is 0 Å². The van der Waals surface area contributed by atoms with E-state index in [-0.39, 0.29) is 25.2 Å². The topological polar surface area (TPSA) is 58.6 Å². The lowest BCUT2D eigenvalue weighted by Gasteiger charge is -2.16. The summed E-state index contributed by atoms with van der Waals surface area (Å²) in [7, 11) is 0. The van der Waals surface area contributed by atoms with Crippen LogP contribution in [-0.2, 0) is 4.74 Å². The summed E-state index contributed by atoms with van der Waals surface area (Å²) in [5.41, 5.74) is 0. The third-order valence-corrected chi connectivity index (χ3v) is 4.71. The van der Waals surface area contributed by atoms with E-state index in [1.165, 1.54) is 11.3 Å². The lowest BCUT2D eigenvalue weighted by molar-refractivity contribution is 0.0296. The Morgan fingerprint density at radius 2 is 2.30 bits per heavy atom. The average molecular weight is 332 g/mol. The highest BCUT2D eigenvalue weighted by atomic mass is 35.5. The van der Waals surface area contributed by atoms with Crippen LogP contribution in [0.3, 0.4) is 0 Å². The van der Waals surface area contributed by atoms with Gasteiger partial charge in [-0.25, -0.2) is 0 Å². The summed E-state index contributed by atoms with van der Waals surface area (Å²) >= 11 is 8.60. The minimum absolute atomic E-state index is 0.0453. The molecule has 0 unspecified atom stereocenters. The molecule has 1 atom stereocenters. The predicted octanol–water partition coefficient (Wildman–Crippen LogP) is 2.94. The summed E-state index contributed by atoms with van der Waals surface area (Å²) in [4.78, 5) is 13.5. The zero-order valence-electron chi connectivity index (χ0n) is 10.5. The highest BCUT2D eigenvalue weighted by molar-refractivity contribution is 7.18. The summed E-state index contributed by atoms with van der Waals surface area (Å²) in [6.07, 6.45) is -0.249. The van der Waals surface area contributed by atoms with Gasteiger partial charge in [0.1, 0.15) is 6.10 Å². The van der Waals surface area contributed by atoms with E-state index in [0.717, 1.165) is 4.88 Å². The summed E-state index contributed by atoms with van der Waals surface area (Å²) in [6, 6.07) is 7.26. The van der Waals surface area contributed by atoms with Gasteiger partial charge >= 0.3 is 0 Å². The Labute approximate surface area is 130 Å². The van der Waals surface area contributed by atoms with Crippen molar-refractivity contribution in [2.75, 3.05) is 19.8 Å². The molecule has 2 N–H and O–H groups in total. The van der Waals surface area contributed by atoms with Crippen LogP contribution in [-0.4, -0.2) is 30.8 Å². The number of nitrogens with one attached hydrogen (secondary N) is 1. The number of halogens is 1. The van der Waals surface area contributed by atoms with Gasteiger partial charge in [-0.2, -0.15) is 0 Å². The fourth-order valence-electron chi connectivity index (χ4n) is 1.62. The largest absolute Gasteiger partial charge is 0.394 e. The molecule has 0 saturated carbocycles. The average Bonchev–Trinajstić information content (AvgIpc) is 3.10. The van der Waals surface area contributed by atoms with Crippen LogP contribution in [0, 0.1) is 0 Å². The zero-order valence-corrected chi connectivity index (χ0v) is 12.9. The Hall–Kier alpha value is -0.920. The second-order valence-electron chi connectivity index (χ2n) is 3.91. The molecule has 108 valence electrons. The van der Waals surface area contributed by atoms with Gasteiger partial charge in [0, 0.05) is 11.4 Å². The van der Waals surface area contributed by atoms with Crippen molar-refractivity contribution in [2.45, 2.75) is 6.10 Å². The molecule has 0 aromatic carbocycles. The van der Waals surface area contributed by atoms with Crippen LogP contribution < -0.4 is 5.32 Å². The van der Waals surface area contributed by atoms with Gasteiger partial charge in [0.2, 0.25) is 0 Å². The van der Waals surface area contributed by atoms with E-state index in [0.29, 0.717) is 15.8 Å². The summed E-state index contributed by atoms with van der Waals surface area (Å²) < 4.78 is 6.13. The molecule has 0 aliphatic carbocycles. The van der Waals surface area contributed by atoms with E-state index in [9.17, 15) is 4.79 Å². The number of carbonyl (C=O) groups excluding carboxylic acids is 1. The fraction of sp³-hybridized carbons (Fsp3) is 0.308. The Balaban J connectivity index is 1.93. The number of hydrogen-bond acceptors (Lipinski definition) is 5. The van der Waals surface area contributed by atoms with E-state index in [1.807, 2.05) is 17.5 Å². The van der Waals surface area contributed by atoms with E-state index in [2.05, 4.69) is 5.32 Å². The van der Waals surface area contributed by atoms with Gasteiger partial charge in [0.15, 0.2) is 0 Å². The maximum Gasteiger partial charge on any atom is 0.261 e. The van der Waals surface area contributed by atoms with Gasteiger partial charge in [0.05, 0.1) is 22.4 Å². The SMILES string of the molecule is O=C(NC[C@@H](OCCO)c1cccs1)c1ccc(Cl)s1. The molecular formula is C13H14ClNO3S2. The molecule has 2 heterocycles. The quantitative estimate of drug-likeness (QED) is 0.820. The van der Waals surface area contributed by atoms with E-state index < -0.39 is 0 Å². The molecule has 2 aromatic heterocycles. The Morgan fingerprint density at radius 1 is 1.45 bits per heavy atom. The monoisotopic (exact) mass is 331 g/mol. The number of rotatable bonds is 7. The van der Waals surface area contributed by atoms with Gasteiger partial charge in [0.25, 0.3) is 5.91 Å². The molecule has 0 aliphatic rings. The van der Waals surface area contributed by atoms with Gasteiger partial charge in [-0.15, -0.1) is 22.7 Å². The number of ether oxygens (including phenoxy) is 1. The molecule has 0 aliphatic heterocycles. The van der Waals surface area contributed by atoms with Gasteiger partial charge in [-0.3, -0.25) is 4.79 Å². The number of thiophene rings is 2. The third kappa shape index (κ3) is 4.29. The standard InChI is InChI=1S/C13H14ClNO3S2/c14-12-4-3-11(20-12)13(17)15-8-9(18-6-5-16)10-2-1-7-19-10/h1-4,7,9,16H,5-6,8H2,(H,15,17)/t9-/m1/s1. The first-order valence-electron chi connectivity index (χ1n) is 6.00. The molecule has 0 saturated heterocycles. The van der Waals surface area contributed by atoms with Gasteiger partial charge in [-0.1, -0.05) is 17.7 Å². The normalized spacial score (nSPS) is 12.3. The Kier molecular flexibility index (Phi) is 6.00. The van der Waals surface area contributed by atoms with Crippen molar-refractivity contribution >= 4 is 40.2 Å². The second kappa shape index (κ2) is 7.75. The molecular weight excluding hydrogens is 318 g/mol. The van der Waals surface area contributed by atoms with Crippen LogP contribution in [0.2, 0.25) is 4.34 Å². The highest BCUT2D eigenvalue weighted by Crippen LogP contribution is 2.23. The Bertz CT molecular complexity index is 542. The predicted molar refractivity (Wildman–Crippen MR) is 81.8 cm³/mol. The first kappa shape index (κ1) is 15.5. The first-order chi connectivity index (χ1) is 9.70. The third-order valence-electron chi connectivity index (χ3n) is 2.52. The highest BCUT2D eigenvalue weighted by Gasteiger charge is 2.16. The minimum Gasteiger partial charge on any atom is -0.394 e. The van der Waals surface area contributed by atoms with Crippen molar-refractivity contribution in [1.29, 1.82) is 0 Å². The summed E-state index contributed by atoms with van der Waals surface area (Å²) in [6.45, 7) is 0.550. The second-order valence-corrected chi connectivity index (χ2v) is 6.61. The molecule has 7 heteroatoms. The number of aliphatic hydroxyl groups excluding tert-OH is 1. The molecule has 4 nitrogen and oxygen atoms in total. The summed E-state index contributed by atoms with van der Waals surface area (Å²) in [5.74, 6) is -0.170. The maximum absolute atomic E-state index is 11.9. The molecule has 0 spiro atoms. The van der Waals surface area contributed by atoms with E-state index >= 15 is 0 Å². The van der Waals surface area contributed by atoms with Crippen LogP contribution in [0.5, 0.6) is 0 Å². The number of aliphatic hydroxyl groups is 1. The molecule has 0 radical (unpaired) electrons. The van der Waals surface area contributed by atoms with Crippen molar-refractivity contribution in [3.05, 3.63) is 43.7 Å². The molecule has 1 amide bonds. The van der Waals surface area contributed by atoms with E-state index in [1.54, 1.807) is 23.5 Å². The van der Waals surface area contributed by atoms with E-state index in [4.69, 9.17) is 21.4 Å². The van der Waals surface area contributed by atoms with Crippen molar-refractivity contribution < 1.29 is 14.6 Å². The Morgan fingerprint density at radius 3 is 2.90 bits per heavy atom. The molecule has 0 bridgehead atoms. The number of carbonyl (C=O) groups is 1. The fourth-order valence-corrected chi connectivity index (χ4v) is 3.35. The maximum atomic E-state index is 11.9. The lowest BCUT2D eigenvalue weighted by Crippen LogP contribution is -2.29. The molecule has 2 rings (SSSR count). The number of amides is 1. The molecule has 20 heavy (non-hydrogen) atoms. The van der Waals surface area contributed by atoms with Crippen LogP contribution >= 0.6 is 34.3 Å². The van der Waals surface area contributed by atoms with Crippen LogP contribution in [0.15, 0.2) is 29.6 Å². The summed E-state index contributed by atoms with van der Waals surface area (Å²) in [5, 5.41) is 13.6. The van der Waals surface area contributed by atoms with Gasteiger partial charge in [-0.05, 0) is 23.6 Å². The van der Waals surface area contributed by atoms with Crippen molar-refractivity contribution in [2.24, 2.45) is 0 Å². The van der Waals surface area contributed by atoms with Crippen molar-refractivity contribution in [3.8, 4) is 0 Å². The molecule has 2 aromatic rings. The van der Waals surface area contributed by atoms with Crippen LogP contribution in [0.1, 0.15) is 20.7 Å². The first-order valence-corrected chi connectivity index (χ1v) is 8.07. The number of hydrogen-bond donors (Lipinski definition) is 2. The smallest absolute Gasteiger partial charge is 0.261 e. The minimum atomic E-state index is -0.249. The molecule has 0 fully saturated rings. The lowest BCUT2D eigenvalue weighted by atomic mass is 10.3. The van der Waals surface area contributed by atoms with Crippen LogP contribution in [0.25, 0.3) is 0 Å². The van der Waals surface area contributed by atoms with Crippen LogP contribution in [0.4, 0.5) is 0 Å². The zero-order chi connectivity index (χ0) is 14.4. The van der Waals surface area contributed by atoms with Gasteiger partial charge < -0.3 is 15.2 Å². The van der Waals surface area contributed by atoms with Crippen molar-refractivity contribution in [1.82, 2.24) is 5.32 Å².